The topological polar surface area (TPSA) is 63.5 Å². The van der Waals surface area contributed by atoms with Gasteiger partial charge in [-0.1, -0.05) is 24.3 Å². The molecule has 146 valence electrons. The van der Waals surface area contributed by atoms with Crippen molar-refractivity contribution in [1.29, 1.82) is 0 Å². The lowest BCUT2D eigenvalue weighted by Crippen LogP contribution is -2.38. The molecule has 2 aromatic rings. The van der Waals surface area contributed by atoms with E-state index in [1.807, 2.05) is 23.1 Å². The van der Waals surface area contributed by atoms with Crippen LogP contribution in [0.2, 0.25) is 0 Å². The predicted octanol–water partition coefficient (Wildman–Crippen LogP) is 2.80. The normalized spacial score (nSPS) is 14.3. The van der Waals surface area contributed by atoms with Crippen molar-refractivity contribution in [2.45, 2.75) is 39.3 Å². The number of ether oxygens (including phenoxy) is 1. The largest absolute Gasteiger partial charge is 0.381 e. The Balaban J connectivity index is 1.48. The van der Waals surface area contributed by atoms with Gasteiger partial charge in [0.15, 0.2) is 5.96 Å². The maximum Gasteiger partial charge on any atom is 0.191 e. The quantitative estimate of drug-likeness (QED) is 0.363. The summed E-state index contributed by atoms with van der Waals surface area (Å²) in [6.45, 7) is 6.95. The van der Waals surface area contributed by atoms with Crippen LogP contribution < -0.4 is 10.6 Å². The van der Waals surface area contributed by atoms with Gasteiger partial charge < -0.3 is 15.4 Å². The van der Waals surface area contributed by atoms with Crippen molar-refractivity contribution >= 4 is 5.96 Å². The summed E-state index contributed by atoms with van der Waals surface area (Å²) >= 11 is 0. The predicted molar refractivity (Wildman–Crippen MR) is 109 cm³/mol. The van der Waals surface area contributed by atoms with Crippen molar-refractivity contribution < 1.29 is 4.74 Å². The van der Waals surface area contributed by atoms with Crippen molar-refractivity contribution in [2.75, 3.05) is 26.3 Å². The van der Waals surface area contributed by atoms with Crippen LogP contribution in [0.3, 0.4) is 0 Å². The molecule has 1 heterocycles. The summed E-state index contributed by atoms with van der Waals surface area (Å²) in [4.78, 5) is 4.75. The molecule has 1 aromatic carbocycles. The molecule has 27 heavy (non-hydrogen) atoms. The molecular weight excluding hydrogens is 338 g/mol. The van der Waals surface area contributed by atoms with Gasteiger partial charge in [-0.2, -0.15) is 5.10 Å². The molecule has 1 saturated carbocycles. The van der Waals surface area contributed by atoms with E-state index in [4.69, 9.17) is 9.73 Å². The Morgan fingerprint density at radius 1 is 1.22 bits per heavy atom. The van der Waals surface area contributed by atoms with Crippen molar-refractivity contribution in [1.82, 2.24) is 20.4 Å². The molecule has 6 heteroatoms. The van der Waals surface area contributed by atoms with Crippen LogP contribution in [0.15, 0.2) is 47.7 Å². The fourth-order valence-corrected chi connectivity index (χ4v) is 2.86. The second-order valence-corrected chi connectivity index (χ2v) is 6.97. The smallest absolute Gasteiger partial charge is 0.191 e. The third kappa shape index (κ3) is 7.06. The van der Waals surface area contributed by atoms with Gasteiger partial charge in [0.1, 0.15) is 0 Å². The summed E-state index contributed by atoms with van der Waals surface area (Å²) in [6.07, 6.45) is 7.47. The van der Waals surface area contributed by atoms with Crippen LogP contribution in [0.4, 0.5) is 0 Å². The van der Waals surface area contributed by atoms with Crippen molar-refractivity contribution in [3.8, 4) is 0 Å². The molecule has 0 amide bonds. The lowest BCUT2D eigenvalue weighted by molar-refractivity contribution is 0.123. The molecule has 0 atom stereocenters. The lowest BCUT2D eigenvalue weighted by atomic mass is 10.1. The van der Waals surface area contributed by atoms with Gasteiger partial charge >= 0.3 is 0 Å². The molecule has 1 fully saturated rings. The number of benzene rings is 1. The summed E-state index contributed by atoms with van der Waals surface area (Å²) in [7, 11) is 0. The van der Waals surface area contributed by atoms with Crippen molar-refractivity contribution in [3.05, 3.63) is 53.9 Å². The van der Waals surface area contributed by atoms with Gasteiger partial charge in [-0.15, -0.1) is 0 Å². The summed E-state index contributed by atoms with van der Waals surface area (Å²) in [6, 6.07) is 10.4. The van der Waals surface area contributed by atoms with Gasteiger partial charge in [0.25, 0.3) is 0 Å². The Hall–Kier alpha value is -2.34. The minimum Gasteiger partial charge on any atom is -0.381 e. The third-order valence-corrected chi connectivity index (χ3v) is 4.57. The molecule has 0 bridgehead atoms. The van der Waals surface area contributed by atoms with Gasteiger partial charge in [-0.05, 0) is 49.3 Å². The highest BCUT2D eigenvalue weighted by Gasteiger charge is 2.20. The van der Waals surface area contributed by atoms with Gasteiger partial charge in [0.2, 0.25) is 0 Å². The summed E-state index contributed by atoms with van der Waals surface area (Å²) in [5.41, 5.74) is 2.47. The number of aliphatic imine (C=N–C) groups is 1. The van der Waals surface area contributed by atoms with E-state index >= 15 is 0 Å². The monoisotopic (exact) mass is 369 g/mol. The number of nitrogens with zero attached hydrogens (tertiary/aromatic N) is 3. The lowest BCUT2D eigenvalue weighted by Gasteiger charge is -2.13. The van der Waals surface area contributed by atoms with Gasteiger partial charge in [0.05, 0.1) is 13.1 Å². The van der Waals surface area contributed by atoms with E-state index in [0.29, 0.717) is 6.54 Å². The first kappa shape index (κ1) is 19.4. The molecule has 0 saturated heterocycles. The second kappa shape index (κ2) is 10.7. The molecule has 2 N–H and O–H groups in total. The van der Waals surface area contributed by atoms with E-state index in [-0.39, 0.29) is 0 Å². The molecule has 1 aromatic heterocycles. The maximum absolute atomic E-state index is 5.69. The van der Waals surface area contributed by atoms with Crippen LogP contribution in [0, 0.1) is 5.92 Å². The highest BCUT2D eigenvalue weighted by Crippen LogP contribution is 2.28. The highest BCUT2D eigenvalue weighted by molar-refractivity contribution is 5.79. The van der Waals surface area contributed by atoms with E-state index in [1.54, 1.807) is 0 Å². The fourth-order valence-electron chi connectivity index (χ4n) is 2.86. The maximum atomic E-state index is 5.69. The number of guanidine groups is 1. The minimum atomic E-state index is 0.644. The molecule has 0 unspecified atom stereocenters. The van der Waals surface area contributed by atoms with E-state index in [9.17, 15) is 0 Å². The molecule has 0 aliphatic heterocycles. The molecule has 0 radical (unpaired) electrons. The number of rotatable bonds is 11. The van der Waals surface area contributed by atoms with Crippen LogP contribution >= 0.6 is 0 Å². The molecule has 1 aliphatic rings. The number of hydrogen-bond acceptors (Lipinski definition) is 3. The van der Waals surface area contributed by atoms with Crippen LogP contribution in [-0.4, -0.2) is 42.0 Å². The van der Waals surface area contributed by atoms with Gasteiger partial charge in [-0.3, -0.25) is 4.68 Å². The Morgan fingerprint density at radius 3 is 2.81 bits per heavy atom. The van der Waals surface area contributed by atoms with Crippen LogP contribution in [0.1, 0.15) is 37.3 Å². The second-order valence-electron chi connectivity index (χ2n) is 6.97. The van der Waals surface area contributed by atoms with Crippen LogP contribution in [0.5, 0.6) is 0 Å². The zero-order valence-corrected chi connectivity index (χ0v) is 16.2. The van der Waals surface area contributed by atoms with E-state index in [0.717, 1.165) is 51.1 Å². The van der Waals surface area contributed by atoms with Gasteiger partial charge in [0, 0.05) is 38.7 Å². The van der Waals surface area contributed by atoms with Crippen molar-refractivity contribution in [3.63, 3.8) is 0 Å². The molecular formula is C21H31N5O. The zero-order chi connectivity index (χ0) is 18.7. The Kier molecular flexibility index (Phi) is 7.71. The average Bonchev–Trinajstić information content (AvgIpc) is 3.37. The first-order valence-corrected chi connectivity index (χ1v) is 9.99. The SMILES string of the molecule is CCNC(=NCc1ccccc1Cn1cccn1)NCCCOCC1CC1. The van der Waals surface area contributed by atoms with Crippen LogP contribution in [-0.2, 0) is 17.8 Å². The number of hydrogen-bond donors (Lipinski definition) is 2. The minimum absolute atomic E-state index is 0.644. The Morgan fingerprint density at radius 2 is 2.07 bits per heavy atom. The Labute approximate surface area is 162 Å². The van der Waals surface area contributed by atoms with Crippen molar-refractivity contribution in [2.24, 2.45) is 10.9 Å². The van der Waals surface area contributed by atoms with E-state index in [1.165, 1.54) is 24.0 Å². The highest BCUT2D eigenvalue weighted by atomic mass is 16.5. The third-order valence-electron chi connectivity index (χ3n) is 4.57. The molecule has 1 aliphatic carbocycles. The Bertz CT molecular complexity index is 694. The van der Waals surface area contributed by atoms with E-state index < -0.39 is 0 Å². The van der Waals surface area contributed by atoms with Crippen LogP contribution in [0.25, 0.3) is 0 Å². The number of nitrogens with one attached hydrogen (secondary N) is 2. The standard InChI is InChI=1S/C21H31N5O/c1-2-22-21(23-11-6-14-27-17-18-9-10-18)24-15-19-7-3-4-8-20(19)16-26-13-5-12-25-26/h3-5,7-8,12-13,18H,2,6,9-11,14-17H2,1H3,(H2,22,23,24). The average molecular weight is 370 g/mol. The van der Waals surface area contributed by atoms with Gasteiger partial charge in [-0.25, -0.2) is 4.99 Å². The summed E-state index contributed by atoms with van der Waals surface area (Å²) in [5, 5.41) is 11.0. The van der Waals surface area contributed by atoms with E-state index in [2.05, 4.69) is 46.9 Å². The summed E-state index contributed by atoms with van der Waals surface area (Å²) in [5.74, 6) is 1.69. The zero-order valence-electron chi connectivity index (χ0n) is 16.2. The molecule has 6 nitrogen and oxygen atoms in total. The summed E-state index contributed by atoms with van der Waals surface area (Å²) < 4.78 is 7.62. The first-order chi connectivity index (χ1) is 13.3. The molecule has 3 rings (SSSR count). The number of aromatic nitrogens is 2. The first-order valence-electron chi connectivity index (χ1n) is 9.99. The molecule has 0 spiro atoms. The fraction of sp³-hybridized carbons (Fsp3) is 0.524.